The lowest BCUT2D eigenvalue weighted by Gasteiger charge is -2.26. The molecule has 0 bridgehead atoms. The first-order valence-electron chi connectivity index (χ1n) is 14.2. The summed E-state index contributed by atoms with van der Waals surface area (Å²) < 4.78 is 35.0. The smallest absolute Gasteiger partial charge is 0.272 e. The van der Waals surface area contributed by atoms with Crippen molar-refractivity contribution in [3.05, 3.63) is 81.5 Å². The second kappa shape index (κ2) is 13.0. The fourth-order valence-electron chi connectivity index (χ4n) is 5.33. The summed E-state index contributed by atoms with van der Waals surface area (Å²) in [5, 5.41) is 6.26. The molecule has 43 heavy (non-hydrogen) atoms. The lowest BCUT2D eigenvalue weighted by atomic mass is 10.1. The number of hydrogen-bond acceptors (Lipinski definition) is 7. The Morgan fingerprint density at radius 2 is 1.88 bits per heavy atom. The number of aromatic nitrogens is 4. The Bertz CT molecular complexity index is 1630. The highest BCUT2D eigenvalue weighted by molar-refractivity contribution is 6.35. The average molecular weight is 627 g/mol. The van der Waals surface area contributed by atoms with Crippen molar-refractivity contribution in [2.24, 2.45) is 0 Å². The number of morpholine rings is 1. The first kappa shape index (κ1) is 29.5. The number of halogens is 3. The Balaban J connectivity index is 1.31. The Labute approximate surface area is 258 Å². The number of fused-ring (bicyclic) bond motifs is 1. The van der Waals surface area contributed by atoms with Crippen molar-refractivity contribution in [2.45, 2.75) is 38.5 Å². The van der Waals surface area contributed by atoms with Crippen LogP contribution in [0.15, 0.2) is 48.9 Å². The van der Waals surface area contributed by atoms with Crippen LogP contribution in [0.1, 0.15) is 65.8 Å². The number of amides is 1. The SMILES string of the molecule is C[C@@H](Oc1ccc2c(c1)c(/C=C(\F)c1ccc(C(=O)N3CCOCC3)nc1)nn2C1CCCCO1)c1c(Cl)cncc1Cl. The molecule has 2 fully saturated rings. The molecule has 9 nitrogen and oxygen atoms in total. The summed E-state index contributed by atoms with van der Waals surface area (Å²) in [4.78, 5) is 22.7. The van der Waals surface area contributed by atoms with Gasteiger partial charge in [0.2, 0.25) is 0 Å². The van der Waals surface area contributed by atoms with Gasteiger partial charge in [-0.05, 0) is 56.5 Å². The van der Waals surface area contributed by atoms with Gasteiger partial charge in [-0.25, -0.2) is 9.07 Å². The Morgan fingerprint density at radius 3 is 2.58 bits per heavy atom. The minimum atomic E-state index is -0.538. The van der Waals surface area contributed by atoms with Crippen LogP contribution in [-0.2, 0) is 9.47 Å². The number of hydrogen-bond donors (Lipinski definition) is 0. The third-order valence-corrected chi connectivity index (χ3v) is 8.17. The molecule has 0 spiro atoms. The van der Waals surface area contributed by atoms with E-state index in [2.05, 4.69) is 9.97 Å². The molecule has 4 aromatic rings. The van der Waals surface area contributed by atoms with Crippen molar-refractivity contribution in [2.75, 3.05) is 32.9 Å². The molecule has 5 heterocycles. The number of ether oxygens (including phenoxy) is 3. The summed E-state index contributed by atoms with van der Waals surface area (Å²) in [6.07, 6.45) is 7.85. The van der Waals surface area contributed by atoms with Crippen LogP contribution in [0, 0.1) is 0 Å². The minimum absolute atomic E-state index is 0.201. The van der Waals surface area contributed by atoms with E-state index in [1.807, 2.05) is 25.1 Å². The van der Waals surface area contributed by atoms with Crippen molar-refractivity contribution in [1.29, 1.82) is 0 Å². The van der Waals surface area contributed by atoms with E-state index in [4.69, 9.17) is 42.5 Å². The van der Waals surface area contributed by atoms with Gasteiger partial charge < -0.3 is 19.1 Å². The van der Waals surface area contributed by atoms with Crippen LogP contribution in [0.3, 0.4) is 0 Å². The number of rotatable bonds is 7. The highest BCUT2D eigenvalue weighted by Crippen LogP contribution is 2.36. The zero-order valence-electron chi connectivity index (χ0n) is 23.5. The molecule has 1 aromatic carbocycles. The first-order chi connectivity index (χ1) is 20.9. The number of benzene rings is 1. The van der Waals surface area contributed by atoms with Crippen LogP contribution >= 0.6 is 23.2 Å². The predicted molar refractivity (Wildman–Crippen MR) is 162 cm³/mol. The number of pyridine rings is 2. The molecule has 2 aliphatic heterocycles. The lowest BCUT2D eigenvalue weighted by molar-refractivity contribution is -0.0367. The largest absolute Gasteiger partial charge is 0.486 e. The average Bonchev–Trinajstić information content (AvgIpc) is 3.38. The minimum Gasteiger partial charge on any atom is -0.486 e. The van der Waals surface area contributed by atoms with E-state index >= 15 is 4.39 Å². The molecule has 0 N–H and O–H groups in total. The maximum Gasteiger partial charge on any atom is 0.272 e. The molecule has 0 aliphatic carbocycles. The second-order valence-electron chi connectivity index (χ2n) is 10.4. The monoisotopic (exact) mass is 625 g/mol. The summed E-state index contributed by atoms with van der Waals surface area (Å²) in [7, 11) is 0. The maximum absolute atomic E-state index is 15.7. The molecule has 6 rings (SSSR count). The normalized spacial score (nSPS) is 18.6. The Morgan fingerprint density at radius 1 is 1.09 bits per heavy atom. The third kappa shape index (κ3) is 6.38. The third-order valence-electron chi connectivity index (χ3n) is 7.56. The Hall–Kier alpha value is -3.57. The van der Waals surface area contributed by atoms with Crippen LogP contribution < -0.4 is 4.74 Å². The number of carbonyl (C=O) groups is 1. The molecule has 224 valence electrons. The Kier molecular flexibility index (Phi) is 8.90. The molecular formula is C31H30Cl2FN5O4. The van der Waals surface area contributed by atoms with Gasteiger partial charge in [0.1, 0.15) is 23.4 Å². The molecular weight excluding hydrogens is 596 g/mol. The van der Waals surface area contributed by atoms with Gasteiger partial charge in [0.15, 0.2) is 6.23 Å². The van der Waals surface area contributed by atoms with E-state index in [0.29, 0.717) is 65.3 Å². The fraction of sp³-hybridized carbons (Fsp3) is 0.355. The van der Waals surface area contributed by atoms with Crippen LogP contribution in [-0.4, -0.2) is 63.5 Å². The molecule has 0 saturated carbocycles. The van der Waals surface area contributed by atoms with E-state index in [1.165, 1.54) is 30.7 Å². The zero-order valence-corrected chi connectivity index (χ0v) is 25.0. The van der Waals surface area contributed by atoms with E-state index in [-0.39, 0.29) is 23.4 Å². The molecule has 0 radical (unpaired) electrons. The zero-order chi connectivity index (χ0) is 29.9. The van der Waals surface area contributed by atoms with Crippen molar-refractivity contribution >= 4 is 51.9 Å². The predicted octanol–water partition coefficient (Wildman–Crippen LogP) is 6.91. The van der Waals surface area contributed by atoms with E-state index in [0.717, 1.165) is 24.8 Å². The molecule has 2 aliphatic rings. The standard InChI is InChI=1S/C31H30Cl2FN5O4/c1-19(30-23(32)17-35-18-24(30)33)43-21-6-8-28-22(14-21)27(37-39(28)29-4-2-3-11-42-29)15-25(34)20-5-7-26(36-16-20)31(40)38-9-12-41-13-10-38/h5-8,14-19,29H,2-4,9-13H2,1H3/b25-15-/t19-,29?/m1/s1. The molecule has 1 amide bonds. The van der Waals surface area contributed by atoms with Gasteiger partial charge in [-0.15, -0.1) is 0 Å². The van der Waals surface area contributed by atoms with Crippen LogP contribution in [0.4, 0.5) is 4.39 Å². The lowest BCUT2D eigenvalue weighted by Crippen LogP contribution is -2.41. The summed E-state index contributed by atoms with van der Waals surface area (Å²) in [5.74, 6) is -0.202. The van der Waals surface area contributed by atoms with E-state index < -0.39 is 11.9 Å². The van der Waals surface area contributed by atoms with Crippen molar-refractivity contribution < 1.29 is 23.4 Å². The fourth-order valence-corrected chi connectivity index (χ4v) is 6.00. The van der Waals surface area contributed by atoms with Crippen molar-refractivity contribution in [3.63, 3.8) is 0 Å². The first-order valence-corrected chi connectivity index (χ1v) is 14.9. The van der Waals surface area contributed by atoms with Gasteiger partial charge in [-0.1, -0.05) is 23.2 Å². The quantitative estimate of drug-likeness (QED) is 0.220. The highest BCUT2D eigenvalue weighted by Gasteiger charge is 2.23. The summed E-state index contributed by atoms with van der Waals surface area (Å²) in [6.45, 7) is 4.47. The van der Waals surface area contributed by atoms with Gasteiger partial charge >= 0.3 is 0 Å². The van der Waals surface area contributed by atoms with Gasteiger partial charge in [0.25, 0.3) is 5.91 Å². The molecule has 3 aromatic heterocycles. The number of nitrogens with zero attached hydrogens (tertiary/aromatic N) is 5. The van der Waals surface area contributed by atoms with E-state index in [1.54, 1.807) is 15.6 Å². The molecule has 2 saturated heterocycles. The molecule has 2 atom stereocenters. The van der Waals surface area contributed by atoms with Crippen LogP contribution in [0.5, 0.6) is 5.75 Å². The topological polar surface area (TPSA) is 91.6 Å². The van der Waals surface area contributed by atoms with Gasteiger partial charge in [0.05, 0.1) is 34.5 Å². The summed E-state index contributed by atoms with van der Waals surface area (Å²) >= 11 is 12.7. The maximum atomic E-state index is 15.7. The molecule has 1 unspecified atom stereocenters. The second-order valence-corrected chi connectivity index (χ2v) is 11.3. The van der Waals surface area contributed by atoms with Crippen molar-refractivity contribution in [3.8, 4) is 5.75 Å². The summed E-state index contributed by atoms with van der Waals surface area (Å²) in [5.41, 5.74) is 2.31. The van der Waals surface area contributed by atoms with Crippen molar-refractivity contribution in [1.82, 2.24) is 24.6 Å². The van der Waals surface area contributed by atoms with Crippen LogP contribution in [0.25, 0.3) is 22.8 Å². The molecule has 12 heteroatoms. The number of carbonyl (C=O) groups excluding carboxylic acids is 1. The van der Waals surface area contributed by atoms with Crippen LogP contribution in [0.2, 0.25) is 10.0 Å². The summed E-state index contributed by atoms with van der Waals surface area (Å²) in [6, 6.07) is 8.63. The van der Waals surface area contributed by atoms with Gasteiger partial charge in [0, 0.05) is 60.9 Å². The van der Waals surface area contributed by atoms with Gasteiger partial charge in [-0.2, -0.15) is 5.10 Å². The van der Waals surface area contributed by atoms with E-state index in [9.17, 15) is 4.79 Å². The highest BCUT2D eigenvalue weighted by atomic mass is 35.5. The van der Waals surface area contributed by atoms with Gasteiger partial charge in [-0.3, -0.25) is 14.8 Å².